The maximum Gasteiger partial charge on any atom is 0.243 e. The van der Waals surface area contributed by atoms with Gasteiger partial charge in [-0.3, -0.25) is 4.79 Å². The van der Waals surface area contributed by atoms with Crippen LogP contribution in [0.25, 0.3) is 0 Å². The Kier molecular flexibility index (Phi) is 6.39. The summed E-state index contributed by atoms with van der Waals surface area (Å²) in [6.45, 7) is 4.32. The summed E-state index contributed by atoms with van der Waals surface area (Å²) in [6.07, 6.45) is 2.07. The molecule has 1 amide bonds. The van der Waals surface area contributed by atoms with E-state index < -0.39 is 0 Å². The van der Waals surface area contributed by atoms with Gasteiger partial charge in [0.15, 0.2) is 0 Å². The molecule has 0 aliphatic carbocycles. The van der Waals surface area contributed by atoms with Crippen LogP contribution in [0.3, 0.4) is 0 Å². The minimum atomic E-state index is -0.198. The third-order valence-corrected chi connectivity index (χ3v) is 3.39. The Morgan fingerprint density at radius 1 is 1.04 bits per heavy atom. The van der Waals surface area contributed by atoms with Crippen LogP contribution in [0.5, 0.6) is 5.75 Å². The van der Waals surface area contributed by atoms with Gasteiger partial charge in [0.25, 0.3) is 0 Å². The average Bonchev–Trinajstić information content (AvgIpc) is 2.60. The molecule has 0 aliphatic heterocycles. The minimum Gasteiger partial charge on any atom is -0.492 e. The molecule has 23 heavy (non-hydrogen) atoms. The molecule has 0 spiro atoms. The van der Waals surface area contributed by atoms with E-state index in [4.69, 9.17) is 9.84 Å². The van der Waals surface area contributed by atoms with E-state index in [1.807, 2.05) is 48.5 Å². The van der Waals surface area contributed by atoms with Crippen LogP contribution < -0.4 is 10.1 Å². The van der Waals surface area contributed by atoms with E-state index in [0.29, 0.717) is 13.2 Å². The van der Waals surface area contributed by atoms with Crippen LogP contribution in [-0.4, -0.2) is 24.2 Å². The minimum absolute atomic E-state index is 0.0690. The summed E-state index contributed by atoms with van der Waals surface area (Å²) in [4.78, 5) is 11.0. The van der Waals surface area contributed by atoms with Gasteiger partial charge in [-0.25, -0.2) is 0 Å². The maximum atomic E-state index is 11.0. The van der Waals surface area contributed by atoms with Crippen molar-refractivity contribution in [2.45, 2.75) is 13.0 Å². The molecule has 0 saturated carbocycles. The van der Waals surface area contributed by atoms with Gasteiger partial charge >= 0.3 is 0 Å². The smallest absolute Gasteiger partial charge is 0.243 e. The third-order valence-electron chi connectivity index (χ3n) is 3.39. The number of hydrogen-bond donors (Lipinski definition) is 2. The molecule has 0 aromatic heterocycles. The molecule has 0 saturated heterocycles. The second-order valence-corrected chi connectivity index (χ2v) is 5.14. The van der Waals surface area contributed by atoms with E-state index in [1.54, 1.807) is 0 Å². The van der Waals surface area contributed by atoms with Crippen molar-refractivity contribution in [1.29, 1.82) is 0 Å². The molecular formula is C19H21NO3. The van der Waals surface area contributed by atoms with Gasteiger partial charge < -0.3 is 15.2 Å². The summed E-state index contributed by atoms with van der Waals surface area (Å²) in [5.74, 6) is 0.577. The Hall–Kier alpha value is -2.59. The molecule has 0 aliphatic rings. The predicted molar refractivity (Wildman–Crippen MR) is 90.3 cm³/mol. The molecule has 2 aromatic rings. The molecule has 2 aromatic carbocycles. The summed E-state index contributed by atoms with van der Waals surface area (Å²) in [7, 11) is 0. The van der Waals surface area contributed by atoms with Crippen LogP contribution >= 0.6 is 0 Å². The van der Waals surface area contributed by atoms with E-state index in [2.05, 4.69) is 11.9 Å². The second kappa shape index (κ2) is 8.76. The molecule has 0 heterocycles. The molecule has 2 rings (SSSR count). The van der Waals surface area contributed by atoms with E-state index in [0.717, 1.165) is 17.7 Å². The lowest BCUT2D eigenvalue weighted by Gasteiger charge is -2.08. The van der Waals surface area contributed by atoms with Crippen molar-refractivity contribution < 1.29 is 14.6 Å². The van der Waals surface area contributed by atoms with Crippen LogP contribution in [0.4, 0.5) is 0 Å². The van der Waals surface area contributed by atoms with Gasteiger partial charge in [-0.2, -0.15) is 0 Å². The predicted octanol–water partition coefficient (Wildman–Crippen LogP) is 2.45. The molecule has 0 unspecified atom stereocenters. The summed E-state index contributed by atoms with van der Waals surface area (Å²) < 4.78 is 5.56. The zero-order valence-electron chi connectivity index (χ0n) is 13.0. The number of amides is 1. The van der Waals surface area contributed by atoms with Crippen LogP contribution in [0.15, 0.2) is 61.2 Å². The standard InChI is InChI=1S/C19H21NO3/c1-2-19(22)20-11-12-23-18-9-7-16(8-10-18)13-15-3-5-17(14-21)6-4-15/h2-10,21H,1,11-14H2,(H,20,22). The van der Waals surface area contributed by atoms with E-state index in [9.17, 15) is 4.79 Å². The first-order valence-electron chi connectivity index (χ1n) is 7.52. The highest BCUT2D eigenvalue weighted by molar-refractivity contribution is 5.86. The largest absolute Gasteiger partial charge is 0.492 e. The fourth-order valence-corrected chi connectivity index (χ4v) is 2.12. The molecular weight excluding hydrogens is 290 g/mol. The first-order chi connectivity index (χ1) is 11.2. The molecule has 0 fully saturated rings. The molecule has 2 N–H and O–H groups in total. The lowest BCUT2D eigenvalue weighted by molar-refractivity contribution is -0.116. The molecule has 4 heteroatoms. The maximum absolute atomic E-state index is 11.0. The van der Waals surface area contributed by atoms with Crippen LogP contribution in [-0.2, 0) is 17.8 Å². The Labute approximate surface area is 136 Å². The molecule has 4 nitrogen and oxygen atoms in total. The van der Waals surface area contributed by atoms with Crippen molar-refractivity contribution in [3.8, 4) is 5.75 Å². The Morgan fingerprint density at radius 2 is 1.61 bits per heavy atom. The number of hydrogen-bond acceptors (Lipinski definition) is 3. The van der Waals surface area contributed by atoms with E-state index >= 15 is 0 Å². The fraction of sp³-hybridized carbons (Fsp3) is 0.211. The molecule has 0 radical (unpaired) electrons. The van der Waals surface area contributed by atoms with Gasteiger partial charge in [0.05, 0.1) is 13.2 Å². The van der Waals surface area contributed by atoms with Crippen molar-refractivity contribution in [2.24, 2.45) is 0 Å². The molecule has 0 atom stereocenters. The Morgan fingerprint density at radius 3 is 2.17 bits per heavy atom. The second-order valence-electron chi connectivity index (χ2n) is 5.14. The van der Waals surface area contributed by atoms with Crippen LogP contribution in [0.1, 0.15) is 16.7 Å². The number of rotatable bonds is 8. The number of aliphatic hydroxyl groups is 1. The number of nitrogens with one attached hydrogen (secondary N) is 1. The highest BCUT2D eigenvalue weighted by Gasteiger charge is 1.99. The lowest BCUT2D eigenvalue weighted by atomic mass is 10.0. The summed E-state index contributed by atoms with van der Waals surface area (Å²) in [6, 6.07) is 15.8. The van der Waals surface area contributed by atoms with Gasteiger partial charge in [-0.15, -0.1) is 0 Å². The zero-order valence-corrected chi connectivity index (χ0v) is 13.0. The van der Waals surface area contributed by atoms with Gasteiger partial charge in [0, 0.05) is 0 Å². The summed E-state index contributed by atoms with van der Waals surface area (Å²) in [5.41, 5.74) is 3.30. The Bertz CT molecular complexity index is 633. The van der Waals surface area contributed by atoms with Crippen molar-refractivity contribution in [1.82, 2.24) is 5.32 Å². The first-order valence-corrected chi connectivity index (χ1v) is 7.52. The molecule has 0 bridgehead atoms. The SMILES string of the molecule is C=CC(=O)NCCOc1ccc(Cc2ccc(CO)cc2)cc1. The van der Waals surface area contributed by atoms with Crippen molar-refractivity contribution in [3.63, 3.8) is 0 Å². The number of aliphatic hydroxyl groups excluding tert-OH is 1. The van der Waals surface area contributed by atoms with E-state index in [1.165, 1.54) is 17.2 Å². The van der Waals surface area contributed by atoms with E-state index in [-0.39, 0.29) is 12.5 Å². The normalized spacial score (nSPS) is 10.1. The van der Waals surface area contributed by atoms with Gasteiger partial charge in [-0.1, -0.05) is 43.0 Å². The number of carbonyl (C=O) groups excluding carboxylic acids is 1. The average molecular weight is 311 g/mol. The third kappa shape index (κ3) is 5.60. The number of ether oxygens (including phenoxy) is 1. The monoisotopic (exact) mass is 311 g/mol. The topological polar surface area (TPSA) is 58.6 Å². The van der Waals surface area contributed by atoms with Gasteiger partial charge in [0.2, 0.25) is 5.91 Å². The van der Waals surface area contributed by atoms with Gasteiger partial charge in [0.1, 0.15) is 12.4 Å². The van der Waals surface area contributed by atoms with Crippen molar-refractivity contribution in [2.75, 3.05) is 13.2 Å². The van der Waals surface area contributed by atoms with Gasteiger partial charge in [-0.05, 0) is 41.3 Å². The number of carbonyl (C=O) groups is 1. The highest BCUT2D eigenvalue weighted by Crippen LogP contribution is 2.15. The van der Waals surface area contributed by atoms with Crippen molar-refractivity contribution in [3.05, 3.63) is 77.9 Å². The Balaban J connectivity index is 1.81. The van der Waals surface area contributed by atoms with Crippen LogP contribution in [0.2, 0.25) is 0 Å². The summed E-state index contributed by atoms with van der Waals surface area (Å²) >= 11 is 0. The quantitative estimate of drug-likeness (QED) is 0.581. The first kappa shape index (κ1) is 16.8. The lowest BCUT2D eigenvalue weighted by Crippen LogP contribution is -2.26. The number of benzene rings is 2. The van der Waals surface area contributed by atoms with Crippen molar-refractivity contribution >= 4 is 5.91 Å². The fourth-order valence-electron chi connectivity index (χ4n) is 2.12. The highest BCUT2D eigenvalue weighted by atomic mass is 16.5. The summed E-state index contributed by atoms with van der Waals surface area (Å²) in [5, 5.41) is 11.7. The van der Waals surface area contributed by atoms with Crippen LogP contribution in [0, 0.1) is 0 Å². The zero-order chi connectivity index (χ0) is 16.5. The molecule has 120 valence electrons.